The summed E-state index contributed by atoms with van der Waals surface area (Å²) < 4.78 is 32.9. The van der Waals surface area contributed by atoms with E-state index in [-0.39, 0.29) is 15.8 Å². The van der Waals surface area contributed by atoms with E-state index in [1.807, 2.05) is 11.8 Å². The van der Waals surface area contributed by atoms with Crippen molar-refractivity contribution in [3.63, 3.8) is 0 Å². The molecule has 158 valence electrons. The number of piperazine rings is 1. The number of hydrogen-bond donors (Lipinski definition) is 0. The molecule has 0 spiro atoms. The molecule has 0 unspecified atom stereocenters. The molecule has 0 saturated carbocycles. The summed E-state index contributed by atoms with van der Waals surface area (Å²) in [6.07, 6.45) is 0. The van der Waals surface area contributed by atoms with Crippen LogP contribution in [0.5, 0.6) is 0 Å². The summed E-state index contributed by atoms with van der Waals surface area (Å²) in [4.78, 5) is 8.94. The number of likely N-dealkylation sites (N-methyl/N-ethyl adjacent to an activating group) is 1. The smallest absolute Gasteiger partial charge is 0.236 e. The van der Waals surface area contributed by atoms with E-state index in [0.717, 1.165) is 25.2 Å². The van der Waals surface area contributed by atoms with E-state index < -0.39 is 9.84 Å². The maximum Gasteiger partial charge on any atom is 0.236 e. The van der Waals surface area contributed by atoms with Gasteiger partial charge in [-0.05, 0) is 49.9 Å². The third kappa shape index (κ3) is 4.10. The highest BCUT2D eigenvalue weighted by Gasteiger charge is 2.32. The quantitative estimate of drug-likeness (QED) is 0.584. The predicted molar refractivity (Wildman–Crippen MR) is 118 cm³/mol. The SMILES string of the molecule is CCN1CCN(c2oc(-c3ccc(Cl)cc3)nc2S(=O)(=O)c2ccc(C)cc2)CC1. The molecule has 1 aromatic heterocycles. The van der Waals surface area contributed by atoms with Gasteiger partial charge in [0.1, 0.15) is 0 Å². The Morgan fingerprint density at radius 3 is 2.23 bits per heavy atom. The molecular weight excluding hydrogens is 422 g/mol. The Morgan fingerprint density at radius 1 is 1.00 bits per heavy atom. The average Bonchev–Trinajstić information content (AvgIpc) is 3.21. The molecule has 6 nitrogen and oxygen atoms in total. The summed E-state index contributed by atoms with van der Waals surface area (Å²) in [6.45, 7) is 8.06. The lowest BCUT2D eigenvalue weighted by atomic mass is 10.2. The molecule has 2 aromatic carbocycles. The lowest BCUT2D eigenvalue weighted by Crippen LogP contribution is -2.46. The molecule has 1 saturated heterocycles. The van der Waals surface area contributed by atoms with E-state index in [4.69, 9.17) is 16.0 Å². The van der Waals surface area contributed by atoms with Crippen LogP contribution >= 0.6 is 11.6 Å². The number of aryl methyl sites for hydroxylation is 1. The zero-order chi connectivity index (χ0) is 21.3. The number of sulfone groups is 1. The maximum absolute atomic E-state index is 13.4. The van der Waals surface area contributed by atoms with Gasteiger partial charge in [0.05, 0.1) is 4.90 Å². The molecule has 1 aliphatic rings. The third-order valence-corrected chi connectivity index (χ3v) is 7.28. The molecule has 8 heteroatoms. The van der Waals surface area contributed by atoms with Crippen molar-refractivity contribution in [3.8, 4) is 11.5 Å². The van der Waals surface area contributed by atoms with Gasteiger partial charge in [-0.15, -0.1) is 0 Å². The molecule has 3 aromatic rings. The second-order valence-electron chi connectivity index (χ2n) is 7.37. The van der Waals surface area contributed by atoms with Crippen LogP contribution in [-0.2, 0) is 9.84 Å². The van der Waals surface area contributed by atoms with Crippen molar-refractivity contribution < 1.29 is 12.8 Å². The Morgan fingerprint density at radius 2 is 1.63 bits per heavy atom. The van der Waals surface area contributed by atoms with Crippen LogP contribution in [0.25, 0.3) is 11.5 Å². The maximum atomic E-state index is 13.4. The van der Waals surface area contributed by atoms with Crippen molar-refractivity contribution in [3.05, 3.63) is 59.1 Å². The van der Waals surface area contributed by atoms with Crippen LogP contribution in [0.15, 0.2) is 62.9 Å². The van der Waals surface area contributed by atoms with Crippen molar-refractivity contribution in [2.75, 3.05) is 37.6 Å². The van der Waals surface area contributed by atoms with E-state index in [0.29, 0.717) is 29.6 Å². The monoisotopic (exact) mass is 445 g/mol. The number of aromatic nitrogens is 1. The van der Waals surface area contributed by atoms with Crippen molar-refractivity contribution >= 4 is 27.3 Å². The molecule has 0 bridgehead atoms. The normalized spacial score (nSPS) is 15.5. The van der Waals surface area contributed by atoms with E-state index in [9.17, 15) is 8.42 Å². The lowest BCUT2D eigenvalue weighted by molar-refractivity contribution is 0.266. The third-order valence-electron chi connectivity index (χ3n) is 5.36. The van der Waals surface area contributed by atoms with Gasteiger partial charge in [0.2, 0.25) is 26.6 Å². The number of rotatable bonds is 5. The zero-order valence-electron chi connectivity index (χ0n) is 17.0. The number of hydrogen-bond acceptors (Lipinski definition) is 6. The predicted octanol–water partition coefficient (Wildman–Crippen LogP) is 4.28. The van der Waals surface area contributed by atoms with Crippen LogP contribution in [-0.4, -0.2) is 51.0 Å². The average molecular weight is 446 g/mol. The number of nitrogens with zero attached hydrogens (tertiary/aromatic N) is 3. The minimum atomic E-state index is -3.84. The van der Waals surface area contributed by atoms with Crippen molar-refractivity contribution in [1.82, 2.24) is 9.88 Å². The van der Waals surface area contributed by atoms with Crippen molar-refractivity contribution in [2.45, 2.75) is 23.8 Å². The molecular formula is C22H24ClN3O3S. The van der Waals surface area contributed by atoms with Crippen molar-refractivity contribution in [1.29, 1.82) is 0 Å². The summed E-state index contributed by atoms with van der Waals surface area (Å²) in [7, 11) is -3.84. The highest BCUT2D eigenvalue weighted by molar-refractivity contribution is 7.91. The number of benzene rings is 2. The zero-order valence-corrected chi connectivity index (χ0v) is 18.6. The summed E-state index contributed by atoms with van der Waals surface area (Å²) in [5.41, 5.74) is 1.67. The van der Waals surface area contributed by atoms with Crippen LogP contribution in [0.3, 0.4) is 0 Å². The Bertz CT molecular complexity index is 1120. The topological polar surface area (TPSA) is 66.7 Å². The highest BCUT2D eigenvalue weighted by atomic mass is 35.5. The van der Waals surface area contributed by atoms with Crippen LogP contribution < -0.4 is 4.90 Å². The first-order valence-electron chi connectivity index (χ1n) is 9.94. The second kappa shape index (κ2) is 8.41. The molecule has 30 heavy (non-hydrogen) atoms. The van der Waals surface area contributed by atoms with Crippen LogP contribution in [0.2, 0.25) is 5.02 Å². The number of anilines is 1. The molecule has 0 atom stereocenters. The molecule has 4 rings (SSSR count). The fourth-order valence-corrected chi connectivity index (χ4v) is 4.93. The Kier molecular flexibility index (Phi) is 5.86. The standard InChI is InChI=1S/C22H24ClN3O3S/c1-3-25-12-14-26(15-13-25)22-21(30(27,28)19-10-4-16(2)5-11-19)24-20(29-22)17-6-8-18(23)9-7-17/h4-11H,3,12-15H2,1-2H3. The van der Waals surface area contributed by atoms with Crippen molar-refractivity contribution in [2.24, 2.45) is 0 Å². The van der Waals surface area contributed by atoms with E-state index >= 15 is 0 Å². The lowest BCUT2D eigenvalue weighted by Gasteiger charge is -2.33. The minimum Gasteiger partial charge on any atom is -0.419 e. The fourth-order valence-electron chi connectivity index (χ4n) is 3.49. The van der Waals surface area contributed by atoms with Gasteiger partial charge in [-0.2, -0.15) is 4.98 Å². The fraction of sp³-hybridized carbons (Fsp3) is 0.318. The summed E-state index contributed by atoms with van der Waals surface area (Å²) in [6, 6.07) is 13.8. The molecule has 1 aliphatic heterocycles. The first kappa shape index (κ1) is 20.9. The largest absolute Gasteiger partial charge is 0.419 e. The first-order chi connectivity index (χ1) is 14.4. The van der Waals surface area contributed by atoms with Gasteiger partial charge in [0, 0.05) is 36.8 Å². The van der Waals surface area contributed by atoms with Gasteiger partial charge < -0.3 is 14.2 Å². The summed E-state index contributed by atoms with van der Waals surface area (Å²) in [5.74, 6) is 0.571. The number of halogens is 1. The van der Waals surface area contributed by atoms with Crippen LogP contribution in [0.1, 0.15) is 12.5 Å². The van der Waals surface area contributed by atoms with E-state index in [1.54, 1.807) is 48.5 Å². The molecule has 0 aliphatic carbocycles. The van der Waals surface area contributed by atoms with Gasteiger partial charge in [0.25, 0.3) is 0 Å². The van der Waals surface area contributed by atoms with E-state index in [1.165, 1.54) is 0 Å². The molecule has 0 N–H and O–H groups in total. The molecule has 2 heterocycles. The first-order valence-corrected chi connectivity index (χ1v) is 11.8. The summed E-state index contributed by atoms with van der Waals surface area (Å²) >= 11 is 5.99. The highest BCUT2D eigenvalue weighted by Crippen LogP contribution is 2.35. The molecule has 0 radical (unpaired) electrons. The van der Waals surface area contributed by atoms with E-state index in [2.05, 4.69) is 16.8 Å². The Labute approximate surface area is 182 Å². The number of oxazole rings is 1. The van der Waals surface area contributed by atoms with Gasteiger partial charge >= 0.3 is 0 Å². The Hall–Kier alpha value is -2.35. The second-order valence-corrected chi connectivity index (χ2v) is 9.68. The van der Waals surface area contributed by atoms with Crippen LogP contribution in [0.4, 0.5) is 5.88 Å². The molecule has 0 amide bonds. The minimum absolute atomic E-state index is 0.0405. The summed E-state index contributed by atoms with van der Waals surface area (Å²) in [5, 5.41) is 0.551. The Balaban J connectivity index is 1.79. The van der Waals surface area contributed by atoms with Gasteiger partial charge in [-0.3, -0.25) is 0 Å². The van der Waals surface area contributed by atoms with Gasteiger partial charge in [0.15, 0.2) is 0 Å². The van der Waals surface area contributed by atoms with Gasteiger partial charge in [-0.1, -0.05) is 36.2 Å². The van der Waals surface area contributed by atoms with Crippen LogP contribution in [0, 0.1) is 6.92 Å². The molecule has 1 fully saturated rings. The van der Waals surface area contributed by atoms with Gasteiger partial charge in [-0.25, -0.2) is 8.42 Å².